The molecule has 7 aromatic rings. The number of anilines is 4. The molecule has 0 spiro atoms. The van der Waals surface area contributed by atoms with E-state index < -0.39 is 20.9 Å². The molecule has 0 fully saturated rings. The zero-order valence-corrected chi connectivity index (χ0v) is 38.0. The molecule has 1 N–H and O–H groups in total. The van der Waals surface area contributed by atoms with E-state index in [2.05, 4.69) is 116 Å². The van der Waals surface area contributed by atoms with Crippen LogP contribution in [0.15, 0.2) is 205 Å². The van der Waals surface area contributed by atoms with E-state index in [4.69, 9.17) is 0 Å². The molecule has 1 amide bonds. The topological polar surface area (TPSA) is 105 Å². The summed E-state index contributed by atoms with van der Waals surface area (Å²) in [5.41, 5.74) is 8.52. The third-order valence-corrected chi connectivity index (χ3v) is 13.2. The van der Waals surface area contributed by atoms with Crippen molar-refractivity contribution >= 4 is 66.4 Å². The fraction of sp³-hybridized carbons (Fsp3) is 0.109. The summed E-state index contributed by atoms with van der Waals surface area (Å²) in [5, 5.41) is 11.6. The van der Waals surface area contributed by atoms with Gasteiger partial charge in [-0.2, -0.15) is 18.3 Å². The number of rotatable bonds is 12. The second-order valence-corrected chi connectivity index (χ2v) is 18.4. The van der Waals surface area contributed by atoms with E-state index in [0.29, 0.717) is 16.3 Å². The van der Waals surface area contributed by atoms with Crippen LogP contribution < -0.4 is 9.80 Å². The average molecular weight is 892 g/mol. The summed E-state index contributed by atoms with van der Waals surface area (Å²) in [4.78, 5) is 18.9. The third-order valence-electron chi connectivity index (χ3n) is 11.1. The van der Waals surface area contributed by atoms with Crippen molar-refractivity contribution in [2.24, 2.45) is 0 Å². The third kappa shape index (κ3) is 9.17. The highest BCUT2D eigenvalue weighted by Crippen LogP contribution is 2.50. The van der Waals surface area contributed by atoms with Crippen LogP contribution >= 0.6 is 11.3 Å². The number of nitriles is 1. The summed E-state index contributed by atoms with van der Waals surface area (Å²) in [5.74, 6) is -0.729. The lowest BCUT2D eigenvalue weighted by Gasteiger charge is -2.29. The Kier molecular flexibility index (Phi) is 13.0. The minimum Gasteiger partial charge on any atom is -0.339 e. The van der Waals surface area contributed by atoms with Gasteiger partial charge in [-0.1, -0.05) is 109 Å². The Balaban J connectivity index is 1.41. The SMILES string of the molecule is CC(C)N(c1ccccc1)c1ccc(C(=C2C=CC(=[N+](c3ccccc3)C(C)C)C=C2)c2sc(N(C(=O)c3ccccc3S(=O)(=O)O)c3ccccc3)c(C#N)c2-c2ccccc2)cc1. The summed E-state index contributed by atoms with van der Waals surface area (Å²) in [6.07, 6.45) is 8.43. The highest BCUT2D eigenvalue weighted by Gasteiger charge is 2.33. The zero-order chi connectivity index (χ0) is 45.7. The van der Waals surface area contributed by atoms with Crippen LogP contribution in [0, 0.1) is 11.3 Å². The van der Waals surface area contributed by atoms with E-state index >= 15 is 4.79 Å². The Morgan fingerprint density at radius 2 is 1.18 bits per heavy atom. The molecule has 1 aromatic heterocycles. The van der Waals surface area contributed by atoms with Gasteiger partial charge in [-0.25, -0.2) is 0 Å². The maximum atomic E-state index is 15.0. The van der Waals surface area contributed by atoms with E-state index in [1.165, 1.54) is 34.4 Å². The van der Waals surface area contributed by atoms with Crippen LogP contribution in [0.4, 0.5) is 27.8 Å². The van der Waals surface area contributed by atoms with Crippen LogP contribution in [0.5, 0.6) is 0 Å². The molecule has 1 heterocycles. The molecule has 0 aliphatic heterocycles. The second kappa shape index (κ2) is 19.1. The molecule has 65 heavy (non-hydrogen) atoms. The van der Waals surface area contributed by atoms with Crippen molar-refractivity contribution in [3.05, 3.63) is 221 Å². The lowest BCUT2D eigenvalue weighted by molar-refractivity contribution is -0.474. The Hall–Kier alpha value is -7.42. The first-order valence-electron chi connectivity index (χ1n) is 21.3. The minimum absolute atomic E-state index is 0.156. The second-order valence-electron chi connectivity index (χ2n) is 16.0. The van der Waals surface area contributed by atoms with Gasteiger partial charge < -0.3 is 4.90 Å². The average Bonchev–Trinajstić information content (AvgIpc) is 3.69. The molecule has 322 valence electrons. The first-order valence-corrected chi connectivity index (χ1v) is 23.6. The van der Waals surface area contributed by atoms with Crippen molar-refractivity contribution in [3.63, 3.8) is 0 Å². The molecule has 1 aliphatic carbocycles. The molecule has 0 saturated carbocycles. The van der Waals surface area contributed by atoms with Crippen LogP contribution in [0.25, 0.3) is 16.7 Å². The van der Waals surface area contributed by atoms with Crippen LogP contribution in [-0.4, -0.2) is 41.2 Å². The van der Waals surface area contributed by atoms with Gasteiger partial charge in [0.15, 0.2) is 6.04 Å². The van der Waals surface area contributed by atoms with Crippen molar-refractivity contribution in [3.8, 4) is 17.2 Å². The number of amides is 1. The molecule has 0 atom stereocenters. The van der Waals surface area contributed by atoms with Crippen LogP contribution in [0.2, 0.25) is 0 Å². The Labute approximate surface area is 385 Å². The molecule has 6 aromatic carbocycles. The first-order chi connectivity index (χ1) is 31.5. The molecule has 1 aliphatic rings. The summed E-state index contributed by atoms with van der Waals surface area (Å²) in [6.45, 7) is 8.64. The van der Waals surface area contributed by atoms with Crippen molar-refractivity contribution in [1.82, 2.24) is 0 Å². The molecular weight excluding hydrogens is 845 g/mol. The molecule has 8 nitrogen and oxygen atoms in total. The molecule has 0 radical (unpaired) electrons. The number of carbonyl (C=O) groups is 1. The maximum absolute atomic E-state index is 15.0. The number of carbonyl (C=O) groups excluding carboxylic acids is 1. The Morgan fingerprint density at radius 3 is 1.74 bits per heavy atom. The van der Waals surface area contributed by atoms with E-state index in [-0.39, 0.29) is 23.2 Å². The highest BCUT2D eigenvalue weighted by molar-refractivity contribution is 7.86. The molecule has 0 unspecified atom stereocenters. The van der Waals surface area contributed by atoms with Crippen molar-refractivity contribution in [2.75, 3.05) is 9.80 Å². The smallest absolute Gasteiger partial charge is 0.295 e. The summed E-state index contributed by atoms with van der Waals surface area (Å²) in [6, 6.07) is 55.8. The van der Waals surface area contributed by atoms with Crippen LogP contribution in [-0.2, 0) is 10.1 Å². The molecule has 0 bridgehead atoms. The monoisotopic (exact) mass is 891 g/mol. The van der Waals surface area contributed by atoms with Gasteiger partial charge in [0.05, 0.1) is 16.8 Å². The number of allylic oxidation sites excluding steroid dienone is 5. The van der Waals surface area contributed by atoms with Gasteiger partial charge in [0, 0.05) is 57.7 Å². The fourth-order valence-corrected chi connectivity index (χ4v) is 10.4. The number of thiophene rings is 1. The van der Waals surface area contributed by atoms with Gasteiger partial charge in [0.1, 0.15) is 16.0 Å². The largest absolute Gasteiger partial charge is 0.339 e. The first kappa shape index (κ1) is 44.2. The molecule has 10 heteroatoms. The fourth-order valence-electron chi connectivity index (χ4n) is 8.30. The number of hydrogen-bond acceptors (Lipinski definition) is 6. The van der Waals surface area contributed by atoms with E-state index in [1.54, 1.807) is 30.3 Å². The molecule has 0 saturated heterocycles. The number of hydrogen-bond donors (Lipinski definition) is 1. The van der Waals surface area contributed by atoms with Gasteiger partial charge in [0.2, 0.25) is 11.4 Å². The summed E-state index contributed by atoms with van der Waals surface area (Å²) < 4.78 is 38.0. The zero-order valence-electron chi connectivity index (χ0n) is 36.4. The van der Waals surface area contributed by atoms with Gasteiger partial charge in [-0.15, -0.1) is 11.3 Å². The number of para-hydroxylation sites is 3. The number of nitrogens with zero attached hydrogens (tertiary/aromatic N) is 4. The lowest BCUT2D eigenvalue weighted by atomic mass is 9.90. The van der Waals surface area contributed by atoms with Crippen molar-refractivity contribution in [2.45, 2.75) is 44.7 Å². The van der Waals surface area contributed by atoms with Gasteiger partial charge in [-0.3, -0.25) is 14.2 Å². The van der Waals surface area contributed by atoms with Gasteiger partial charge >= 0.3 is 0 Å². The standard InChI is InChI=1S/C55H46N4O4S2/c1-38(2)57(43-21-11-6-12-22-43)46-33-29-41(30-34-46)51(42-31-35-47(36-32-42)58(39(3)4)44-23-13-7-14-24-44)53-52(40-19-9-5-10-20-40)49(37-56)55(64-53)59(45-25-15-8-16-26-45)54(60)48-27-17-18-28-50(48)65(61,62)63/h5-36,38-39H,1-4H3/p+1. The van der Waals surface area contributed by atoms with Crippen LogP contribution in [0.1, 0.15) is 54.1 Å². The number of benzene rings is 6. The summed E-state index contributed by atoms with van der Waals surface area (Å²) >= 11 is 1.28. The Morgan fingerprint density at radius 1 is 0.662 bits per heavy atom. The summed E-state index contributed by atoms with van der Waals surface area (Å²) in [7, 11) is -4.81. The molecular formula is C55H47N4O4S2+. The predicted molar refractivity (Wildman–Crippen MR) is 265 cm³/mol. The Bertz CT molecular complexity index is 3110. The molecule has 8 rings (SSSR count). The lowest BCUT2D eigenvalue weighted by Crippen LogP contribution is -2.27. The highest BCUT2D eigenvalue weighted by atomic mass is 32.2. The quantitative estimate of drug-likeness (QED) is 0.0968. The normalized spacial score (nSPS) is 12.3. The van der Waals surface area contributed by atoms with E-state index in [9.17, 15) is 18.2 Å². The van der Waals surface area contributed by atoms with E-state index in [1.807, 2.05) is 72.8 Å². The minimum atomic E-state index is -4.81. The van der Waals surface area contributed by atoms with Gasteiger partial charge in [-0.05, 0) is 105 Å². The van der Waals surface area contributed by atoms with Crippen molar-refractivity contribution in [1.29, 1.82) is 5.26 Å². The van der Waals surface area contributed by atoms with E-state index in [0.717, 1.165) is 49.9 Å². The van der Waals surface area contributed by atoms with Gasteiger partial charge in [0.25, 0.3) is 16.0 Å². The maximum Gasteiger partial charge on any atom is 0.295 e. The van der Waals surface area contributed by atoms with Crippen LogP contribution in [0.3, 0.4) is 0 Å². The van der Waals surface area contributed by atoms with Crippen molar-refractivity contribution < 1.29 is 22.3 Å². The predicted octanol–water partition coefficient (Wildman–Crippen LogP) is 13.2.